The zero-order valence-corrected chi connectivity index (χ0v) is 12.5. The Labute approximate surface area is 124 Å². The van der Waals surface area contributed by atoms with Crippen LogP contribution in [-0.2, 0) is 0 Å². The van der Waals surface area contributed by atoms with E-state index in [1.165, 1.54) is 6.07 Å². The highest BCUT2D eigenvalue weighted by molar-refractivity contribution is 6.05. The average molecular weight is 286 g/mol. The molecule has 0 aliphatic heterocycles. The van der Waals surface area contributed by atoms with Crippen molar-refractivity contribution >= 4 is 17.3 Å². The summed E-state index contributed by atoms with van der Waals surface area (Å²) in [6.07, 6.45) is 0. The van der Waals surface area contributed by atoms with Gasteiger partial charge < -0.3 is 10.6 Å². The second kappa shape index (κ2) is 6.39. The van der Waals surface area contributed by atoms with Gasteiger partial charge in [-0.2, -0.15) is 0 Å². The van der Waals surface area contributed by atoms with Gasteiger partial charge in [-0.1, -0.05) is 6.07 Å². The van der Waals surface area contributed by atoms with Crippen LogP contribution in [0.5, 0.6) is 0 Å². The van der Waals surface area contributed by atoms with Crippen molar-refractivity contribution in [1.29, 1.82) is 0 Å². The minimum absolute atomic E-state index is 0.237. The van der Waals surface area contributed by atoms with Gasteiger partial charge in [-0.15, -0.1) is 0 Å². The Bertz CT molecular complexity index is 668. The third-order valence-corrected chi connectivity index (χ3v) is 3.28. The van der Waals surface area contributed by atoms with Crippen LogP contribution in [0.1, 0.15) is 28.4 Å². The molecule has 0 saturated carbocycles. The van der Waals surface area contributed by atoms with Gasteiger partial charge in [0.05, 0.1) is 0 Å². The molecule has 0 unspecified atom stereocenters. The van der Waals surface area contributed by atoms with Crippen LogP contribution in [0.2, 0.25) is 0 Å². The molecular formula is C17H19FN2O. The molecule has 4 heteroatoms. The number of hydrogen-bond donors (Lipinski definition) is 2. The summed E-state index contributed by atoms with van der Waals surface area (Å²) in [4.78, 5) is 12.2. The maximum atomic E-state index is 13.5. The highest BCUT2D eigenvalue weighted by Gasteiger charge is 2.10. The molecule has 0 heterocycles. The summed E-state index contributed by atoms with van der Waals surface area (Å²) >= 11 is 0. The third-order valence-electron chi connectivity index (χ3n) is 3.28. The fourth-order valence-electron chi connectivity index (χ4n) is 2.10. The molecule has 0 atom stereocenters. The van der Waals surface area contributed by atoms with Crippen LogP contribution in [0, 0.1) is 19.7 Å². The standard InChI is InChI=1S/C17H19FN2O/c1-4-19-13-7-8-15(12(3)9-13)17(21)20-14-6-5-11(2)16(18)10-14/h5-10,19H,4H2,1-3H3,(H,20,21). The first-order chi connectivity index (χ1) is 10.0. The number of aryl methyl sites for hydroxylation is 2. The Kier molecular flexibility index (Phi) is 4.58. The maximum absolute atomic E-state index is 13.5. The molecule has 0 bridgehead atoms. The van der Waals surface area contributed by atoms with E-state index in [4.69, 9.17) is 0 Å². The van der Waals surface area contributed by atoms with E-state index in [0.717, 1.165) is 17.8 Å². The maximum Gasteiger partial charge on any atom is 0.255 e. The molecule has 0 saturated heterocycles. The van der Waals surface area contributed by atoms with Crippen molar-refractivity contribution in [1.82, 2.24) is 0 Å². The molecule has 0 fully saturated rings. The minimum Gasteiger partial charge on any atom is -0.385 e. The molecule has 0 radical (unpaired) electrons. The predicted molar refractivity (Wildman–Crippen MR) is 84.4 cm³/mol. The van der Waals surface area contributed by atoms with E-state index in [1.54, 1.807) is 25.1 Å². The first-order valence-electron chi connectivity index (χ1n) is 6.93. The largest absolute Gasteiger partial charge is 0.385 e. The fourth-order valence-corrected chi connectivity index (χ4v) is 2.10. The van der Waals surface area contributed by atoms with E-state index >= 15 is 0 Å². The lowest BCUT2D eigenvalue weighted by Crippen LogP contribution is -2.14. The summed E-state index contributed by atoms with van der Waals surface area (Å²) in [6, 6.07) is 10.2. The number of carbonyl (C=O) groups is 1. The van der Waals surface area contributed by atoms with Gasteiger partial charge in [-0.05, 0) is 62.2 Å². The smallest absolute Gasteiger partial charge is 0.255 e. The van der Waals surface area contributed by atoms with Gasteiger partial charge >= 0.3 is 0 Å². The van der Waals surface area contributed by atoms with Crippen LogP contribution < -0.4 is 10.6 Å². The van der Waals surface area contributed by atoms with Crippen molar-refractivity contribution in [2.75, 3.05) is 17.2 Å². The number of halogens is 1. The predicted octanol–water partition coefficient (Wildman–Crippen LogP) is 4.13. The van der Waals surface area contributed by atoms with Gasteiger partial charge in [0.1, 0.15) is 5.82 Å². The van der Waals surface area contributed by atoms with Crippen molar-refractivity contribution in [3.63, 3.8) is 0 Å². The van der Waals surface area contributed by atoms with Gasteiger partial charge in [-0.25, -0.2) is 4.39 Å². The summed E-state index contributed by atoms with van der Waals surface area (Å²) in [6.45, 7) is 6.41. The lowest BCUT2D eigenvalue weighted by atomic mass is 10.1. The van der Waals surface area contributed by atoms with E-state index in [9.17, 15) is 9.18 Å². The second-order valence-corrected chi connectivity index (χ2v) is 4.98. The molecule has 2 rings (SSSR count). The first-order valence-corrected chi connectivity index (χ1v) is 6.93. The van der Waals surface area contributed by atoms with E-state index in [0.29, 0.717) is 16.8 Å². The number of anilines is 2. The summed E-state index contributed by atoms with van der Waals surface area (Å²) in [7, 11) is 0. The molecular weight excluding hydrogens is 267 g/mol. The molecule has 2 N–H and O–H groups in total. The number of nitrogens with one attached hydrogen (secondary N) is 2. The van der Waals surface area contributed by atoms with Gasteiger partial charge in [-0.3, -0.25) is 4.79 Å². The van der Waals surface area contributed by atoms with Crippen molar-refractivity contribution < 1.29 is 9.18 Å². The quantitative estimate of drug-likeness (QED) is 0.887. The Balaban J connectivity index is 2.18. The third kappa shape index (κ3) is 3.60. The molecule has 21 heavy (non-hydrogen) atoms. The van der Waals surface area contributed by atoms with Crippen LogP contribution in [0.3, 0.4) is 0 Å². The summed E-state index contributed by atoms with van der Waals surface area (Å²) in [5.41, 5.74) is 3.45. The molecule has 0 aliphatic carbocycles. The van der Waals surface area contributed by atoms with E-state index in [-0.39, 0.29) is 11.7 Å². The van der Waals surface area contributed by atoms with Gasteiger partial charge in [0.25, 0.3) is 5.91 Å². The van der Waals surface area contributed by atoms with Crippen LogP contribution in [0.25, 0.3) is 0 Å². The Hall–Kier alpha value is -2.36. The van der Waals surface area contributed by atoms with Crippen LogP contribution in [0.4, 0.5) is 15.8 Å². The van der Waals surface area contributed by atoms with Gasteiger partial charge in [0.2, 0.25) is 0 Å². The Morgan fingerprint density at radius 1 is 1.05 bits per heavy atom. The van der Waals surface area contributed by atoms with Crippen molar-refractivity contribution in [2.45, 2.75) is 20.8 Å². The second-order valence-electron chi connectivity index (χ2n) is 4.98. The molecule has 110 valence electrons. The Morgan fingerprint density at radius 3 is 2.38 bits per heavy atom. The fraction of sp³-hybridized carbons (Fsp3) is 0.235. The van der Waals surface area contributed by atoms with Gasteiger partial charge in [0.15, 0.2) is 0 Å². The topological polar surface area (TPSA) is 41.1 Å². The lowest BCUT2D eigenvalue weighted by Gasteiger charge is -2.10. The number of benzene rings is 2. The molecule has 0 spiro atoms. The zero-order chi connectivity index (χ0) is 15.4. The molecule has 0 aromatic heterocycles. The number of carbonyl (C=O) groups excluding carboxylic acids is 1. The van der Waals surface area contributed by atoms with E-state index < -0.39 is 0 Å². The Morgan fingerprint density at radius 2 is 1.76 bits per heavy atom. The van der Waals surface area contributed by atoms with E-state index in [1.807, 2.05) is 26.0 Å². The monoisotopic (exact) mass is 286 g/mol. The minimum atomic E-state index is -0.327. The van der Waals surface area contributed by atoms with Gasteiger partial charge in [0, 0.05) is 23.5 Å². The molecule has 3 nitrogen and oxygen atoms in total. The van der Waals surface area contributed by atoms with E-state index in [2.05, 4.69) is 10.6 Å². The highest BCUT2D eigenvalue weighted by atomic mass is 19.1. The molecule has 1 amide bonds. The molecule has 2 aromatic carbocycles. The van der Waals surface area contributed by atoms with Crippen molar-refractivity contribution in [2.24, 2.45) is 0 Å². The number of hydrogen-bond acceptors (Lipinski definition) is 2. The van der Waals surface area contributed by atoms with Crippen LogP contribution >= 0.6 is 0 Å². The van der Waals surface area contributed by atoms with Crippen LogP contribution in [0.15, 0.2) is 36.4 Å². The SMILES string of the molecule is CCNc1ccc(C(=O)Nc2ccc(C)c(F)c2)c(C)c1. The van der Waals surface area contributed by atoms with Crippen molar-refractivity contribution in [3.8, 4) is 0 Å². The zero-order valence-electron chi connectivity index (χ0n) is 12.5. The summed E-state index contributed by atoms with van der Waals surface area (Å²) in [5.74, 6) is -0.564. The average Bonchev–Trinajstić information content (AvgIpc) is 2.43. The van der Waals surface area contributed by atoms with Crippen molar-refractivity contribution in [3.05, 3.63) is 58.9 Å². The molecule has 2 aromatic rings. The number of amides is 1. The summed E-state index contributed by atoms with van der Waals surface area (Å²) in [5, 5.41) is 5.92. The van der Waals surface area contributed by atoms with Crippen LogP contribution in [-0.4, -0.2) is 12.5 Å². The highest BCUT2D eigenvalue weighted by Crippen LogP contribution is 2.18. The lowest BCUT2D eigenvalue weighted by molar-refractivity contribution is 0.102. The normalized spacial score (nSPS) is 10.3. The summed E-state index contributed by atoms with van der Waals surface area (Å²) < 4.78 is 13.5. The first kappa shape index (κ1) is 15.0. The number of rotatable bonds is 4. The molecule has 0 aliphatic rings.